The molecular weight excluding hydrogens is 324 g/mol. The third-order valence-electron chi connectivity index (χ3n) is 4.83. The number of para-hydroxylation sites is 2. The molecule has 0 radical (unpaired) electrons. The van der Waals surface area contributed by atoms with Gasteiger partial charge in [0.2, 0.25) is 0 Å². The second kappa shape index (κ2) is 9.13. The molecule has 1 saturated heterocycles. The second-order valence-corrected chi connectivity index (χ2v) is 6.65. The standard InChI is InChI=1S/C21H28N4O/c1-23(19-9-4-2-5-10-19)14-8-13-22-21(26)25-17-15-24(16-18-25)20-11-6-3-7-12-20/h2-7,9-12H,8,13-18H2,1H3,(H,22,26). The summed E-state index contributed by atoms with van der Waals surface area (Å²) in [5.74, 6) is 0. The molecule has 5 nitrogen and oxygen atoms in total. The van der Waals surface area contributed by atoms with Crippen LogP contribution in [-0.4, -0.2) is 57.2 Å². The summed E-state index contributed by atoms with van der Waals surface area (Å²) < 4.78 is 0. The minimum absolute atomic E-state index is 0.0556. The first-order valence-electron chi connectivity index (χ1n) is 9.33. The largest absolute Gasteiger partial charge is 0.375 e. The number of piperazine rings is 1. The minimum Gasteiger partial charge on any atom is -0.375 e. The number of nitrogens with zero attached hydrogens (tertiary/aromatic N) is 3. The summed E-state index contributed by atoms with van der Waals surface area (Å²) >= 11 is 0. The molecule has 5 heteroatoms. The first-order chi connectivity index (χ1) is 12.7. The number of anilines is 2. The van der Waals surface area contributed by atoms with Crippen molar-refractivity contribution in [3.63, 3.8) is 0 Å². The van der Waals surface area contributed by atoms with Crippen molar-refractivity contribution in [2.24, 2.45) is 0 Å². The molecule has 26 heavy (non-hydrogen) atoms. The number of hydrogen-bond acceptors (Lipinski definition) is 3. The summed E-state index contributed by atoms with van der Waals surface area (Å²) in [4.78, 5) is 18.8. The van der Waals surface area contributed by atoms with Gasteiger partial charge in [0.1, 0.15) is 0 Å². The van der Waals surface area contributed by atoms with E-state index in [2.05, 4.69) is 58.6 Å². The highest BCUT2D eigenvalue weighted by atomic mass is 16.2. The highest BCUT2D eigenvalue weighted by Gasteiger charge is 2.20. The van der Waals surface area contributed by atoms with Crippen molar-refractivity contribution in [2.75, 3.05) is 56.1 Å². The van der Waals surface area contributed by atoms with Gasteiger partial charge >= 0.3 is 6.03 Å². The molecule has 1 heterocycles. The minimum atomic E-state index is 0.0556. The first kappa shape index (κ1) is 18.1. The van der Waals surface area contributed by atoms with E-state index in [4.69, 9.17) is 0 Å². The predicted molar refractivity (Wildman–Crippen MR) is 108 cm³/mol. The van der Waals surface area contributed by atoms with Crippen LogP contribution >= 0.6 is 0 Å². The molecule has 1 aliphatic heterocycles. The van der Waals surface area contributed by atoms with Gasteiger partial charge in [-0.2, -0.15) is 0 Å². The Morgan fingerprint density at radius 1 is 0.962 bits per heavy atom. The number of benzene rings is 2. The average molecular weight is 352 g/mol. The second-order valence-electron chi connectivity index (χ2n) is 6.65. The molecule has 0 aromatic heterocycles. The van der Waals surface area contributed by atoms with Crippen LogP contribution in [0.15, 0.2) is 60.7 Å². The fourth-order valence-electron chi connectivity index (χ4n) is 3.24. The van der Waals surface area contributed by atoms with Gasteiger partial charge in [0, 0.05) is 57.7 Å². The molecule has 0 unspecified atom stereocenters. The average Bonchev–Trinajstić information content (AvgIpc) is 2.72. The summed E-state index contributed by atoms with van der Waals surface area (Å²) in [5, 5.41) is 3.06. The van der Waals surface area contributed by atoms with Gasteiger partial charge < -0.3 is 20.0 Å². The van der Waals surface area contributed by atoms with Crippen molar-refractivity contribution in [2.45, 2.75) is 6.42 Å². The lowest BCUT2D eigenvalue weighted by Gasteiger charge is -2.36. The molecule has 1 N–H and O–H groups in total. The van der Waals surface area contributed by atoms with Crippen LogP contribution in [0.25, 0.3) is 0 Å². The number of hydrogen-bond donors (Lipinski definition) is 1. The molecule has 2 aromatic rings. The molecule has 3 rings (SSSR count). The first-order valence-corrected chi connectivity index (χ1v) is 9.33. The Balaban J connectivity index is 1.34. The molecular formula is C21H28N4O. The lowest BCUT2D eigenvalue weighted by molar-refractivity contribution is 0.194. The van der Waals surface area contributed by atoms with Crippen LogP contribution in [0, 0.1) is 0 Å². The molecule has 2 aromatic carbocycles. The van der Waals surface area contributed by atoms with Crippen LogP contribution in [0.4, 0.5) is 16.2 Å². The van der Waals surface area contributed by atoms with E-state index in [0.29, 0.717) is 6.54 Å². The number of carbonyl (C=O) groups is 1. The van der Waals surface area contributed by atoms with Crippen LogP contribution in [-0.2, 0) is 0 Å². The Morgan fingerprint density at radius 2 is 1.58 bits per heavy atom. The van der Waals surface area contributed by atoms with Crippen molar-refractivity contribution in [3.8, 4) is 0 Å². The van der Waals surface area contributed by atoms with Gasteiger partial charge in [-0.15, -0.1) is 0 Å². The van der Waals surface area contributed by atoms with Crippen LogP contribution < -0.4 is 15.1 Å². The third kappa shape index (κ3) is 4.91. The van der Waals surface area contributed by atoms with Crippen molar-refractivity contribution in [1.29, 1.82) is 0 Å². The van der Waals surface area contributed by atoms with Crippen LogP contribution in [0.5, 0.6) is 0 Å². The van der Waals surface area contributed by atoms with Gasteiger partial charge in [0.15, 0.2) is 0 Å². The van der Waals surface area contributed by atoms with E-state index in [1.807, 2.05) is 29.2 Å². The van der Waals surface area contributed by atoms with Crippen molar-refractivity contribution < 1.29 is 4.79 Å². The van der Waals surface area contributed by atoms with Gasteiger partial charge in [-0.05, 0) is 30.7 Å². The number of urea groups is 1. The fraction of sp³-hybridized carbons (Fsp3) is 0.381. The number of carbonyl (C=O) groups excluding carboxylic acids is 1. The zero-order valence-corrected chi connectivity index (χ0v) is 15.5. The maximum Gasteiger partial charge on any atom is 0.317 e. The molecule has 0 atom stereocenters. The van der Waals surface area contributed by atoms with Gasteiger partial charge in [0.05, 0.1) is 0 Å². The van der Waals surface area contributed by atoms with Gasteiger partial charge in [-0.25, -0.2) is 4.79 Å². The molecule has 1 aliphatic rings. The molecule has 1 fully saturated rings. The summed E-state index contributed by atoms with van der Waals surface area (Å²) in [6.45, 7) is 4.93. The zero-order valence-electron chi connectivity index (χ0n) is 15.5. The molecule has 2 amide bonds. The molecule has 0 aliphatic carbocycles. The quantitative estimate of drug-likeness (QED) is 0.812. The van der Waals surface area contributed by atoms with E-state index < -0.39 is 0 Å². The number of amides is 2. The smallest absolute Gasteiger partial charge is 0.317 e. The maximum absolute atomic E-state index is 12.3. The molecule has 138 valence electrons. The maximum atomic E-state index is 12.3. The number of rotatable bonds is 6. The number of nitrogens with one attached hydrogen (secondary N) is 1. The Kier molecular flexibility index (Phi) is 6.36. The SMILES string of the molecule is CN(CCCNC(=O)N1CCN(c2ccccc2)CC1)c1ccccc1. The Hall–Kier alpha value is -2.69. The van der Waals surface area contributed by atoms with E-state index in [1.54, 1.807) is 0 Å². The zero-order chi connectivity index (χ0) is 18.2. The monoisotopic (exact) mass is 352 g/mol. The van der Waals surface area contributed by atoms with E-state index in [-0.39, 0.29) is 6.03 Å². The fourth-order valence-corrected chi connectivity index (χ4v) is 3.24. The summed E-state index contributed by atoms with van der Waals surface area (Å²) in [6, 6.07) is 20.8. The summed E-state index contributed by atoms with van der Waals surface area (Å²) in [5.41, 5.74) is 2.44. The summed E-state index contributed by atoms with van der Waals surface area (Å²) in [7, 11) is 2.08. The third-order valence-corrected chi connectivity index (χ3v) is 4.83. The van der Waals surface area contributed by atoms with E-state index in [1.165, 1.54) is 11.4 Å². The van der Waals surface area contributed by atoms with Gasteiger partial charge in [-0.1, -0.05) is 36.4 Å². The van der Waals surface area contributed by atoms with Crippen molar-refractivity contribution in [1.82, 2.24) is 10.2 Å². The van der Waals surface area contributed by atoms with E-state index in [0.717, 1.165) is 39.1 Å². The van der Waals surface area contributed by atoms with Crippen LogP contribution in [0.1, 0.15) is 6.42 Å². The van der Waals surface area contributed by atoms with Crippen LogP contribution in [0.3, 0.4) is 0 Å². The van der Waals surface area contributed by atoms with Crippen LogP contribution in [0.2, 0.25) is 0 Å². The lowest BCUT2D eigenvalue weighted by Crippen LogP contribution is -2.52. The topological polar surface area (TPSA) is 38.8 Å². The summed E-state index contributed by atoms with van der Waals surface area (Å²) in [6.07, 6.45) is 0.932. The van der Waals surface area contributed by atoms with Crippen molar-refractivity contribution >= 4 is 17.4 Å². The Morgan fingerprint density at radius 3 is 2.23 bits per heavy atom. The van der Waals surface area contributed by atoms with E-state index >= 15 is 0 Å². The molecule has 0 bridgehead atoms. The van der Waals surface area contributed by atoms with Crippen molar-refractivity contribution in [3.05, 3.63) is 60.7 Å². The Bertz CT molecular complexity index is 669. The Labute approximate surface area is 156 Å². The molecule has 0 saturated carbocycles. The normalized spacial score (nSPS) is 14.2. The van der Waals surface area contributed by atoms with Gasteiger partial charge in [-0.3, -0.25) is 0 Å². The van der Waals surface area contributed by atoms with Gasteiger partial charge in [0.25, 0.3) is 0 Å². The highest BCUT2D eigenvalue weighted by Crippen LogP contribution is 2.15. The highest BCUT2D eigenvalue weighted by molar-refractivity contribution is 5.74. The molecule has 0 spiro atoms. The lowest BCUT2D eigenvalue weighted by atomic mass is 10.2. The van der Waals surface area contributed by atoms with E-state index in [9.17, 15) is 4.79 Å². The predicted octanol–water partition coefficient (Wildman–Crippen LogP) is 3.04.